The SMILES string of the molecule is COc1ccccc1NC(=O)NCCc1ccc(N(C)C)cc1. The highest BCUT2D eigenvalue weighted by Crippen LogP contribution is 2.22. The quantitative estimate of drug-likeness (QED) is 0.861. The maximum absolute atomic E-state index is 11.9. The molecule has 2 aromatic carbocycles. The van der Waals surface area contributed by atoms with Crippen molar-refractivity contribution in [2.45, 2.75) is 6.42 Å². The maximum Gasteiger partial charge on any atom is 0.319 e. The molecule has 0 aliphatic carbocycles. The van der Waals surface area contributed by atoms with Crippen LogP contribution in [0.15, 0.2) is 48.5 Å². The van der Waals surface area contributed by atoms with Crippen LogP contribution in [0.5, 0.6) is 5.75 Å². The number of methoxy groups -OCH3 is 1. The third-order valence-electron chi connectivity index (χ3n) is 3.51. The number of para-hydroxylation sites is 2. The van der Waals surface area contributed by atoms with Crippen molar-refractivity contribution < 1.29 is 9.53 Å². The third kappa shape index (κ3) is 4.92. The molecular formula is C18H23N3O2. The molecule has 122 valence electrons. The minimum absolute atomic E-state index is 0.237. The molecule has 0 saturated heterocycles. The van der Waals surface area contributed by atoms with E-state index in [1.165, 1.54) is 5.56 Å². The van der Waals surface area contributed by atoms with E-state index in [0.29, 0.717) is 18.0 Å². The monoisotopic (exact) mass is 313 g/mol. The van der Waals surface area contributed by atoms with Crippen molar-refractivity contribution in [1.29, 1.82) is 0 Å². The van der Waals surface area contributed by atoms with E-state index in [1.807, 2.05) is 32.3 Å². The summed E-state index contributed by atoms with van der Waals surface area (Å²) in [6.07, 6.45) is 0.785. The van der Waals surface area contributed by atoms with Crippen LogP contribution in [0.4, 0.5) is 16.2 Å². The van der Waals surface area contributed by atoms with Gasteiger partial charge in [-0.2, -0.15) is 0 Å². The van der Waals surface area contributed by atoms with Crippen molar-refractivity contribution in [1.82, 2.24) is 5.32 Å². The van der Waals surface area contributed by atoms with Crippen LogP contribution < -0.4 is 20.3 Å². The molecule has 0 spiro atoms. The molecule has 0 radical (unpaired) electrons. The number of nitrogens with one attached hydrogen (secondary N) is 2. The van der Waals surface area contributed by atoms with Crippen molar-refractivity contribution in [2.75, 3.05) is 38.0 Å². The van der Waals surface area contributed by atoms with E-state index in [1.54, 1.807) is 13.2 Å². The Balaban J connectivity index is 1.80. The molecule has 2 N–H and O–H groups in total. The molecule has 0 bridgehead atoms. The van der Waals surface area contributed by atoms with E-state index in [9.17, 15) is 4.79 Å². The number of urea groups is 1. The Morgan fingerprint density at radius 2 is 1.78 bits per heavy atom. The fourth-order valence-electron chi connectivity index (χ4n) is 2.20. The third-order valence-corrected chi connectivity index (χ3v) is 3.51. The van der Waals surface area contributed by atoms with Gasteiger partial charge in [0.2, 0.25) is 0 Å². The van der Waals surface area contributed by atoms with Gasteiger partial charge in [0.1, 0.15) is 5.75 Å². The Kier molecular flexibility index (Phi) is 5.86. The minimum Gasteiger partial charge on any atom is -0.495 e. The lowest BCUT2D eigenvalue weighted by Crippen LogP contribution is -2.30. The van der Waals surface area contributed by atoms with Crippen LogP contribution in [0, 0.1) is 0 Å². The lowest BCUT2D eigenvalue weighted by Gasteiger charge is -2.13. The molecule has 2 amide bonds. The fourth-order valence-corrected chi connectivity index (χ4v) is 2.20. The van der Waals surface area contributed by atoms with Gasteiger partial charge < -0.3 is 20.3 Å². The predicted octanol–water partition coefficient (Wildman–Crippen LogP) is 3.13. The van der Waals surface area contributed by atoms with Crippen molar-refractivity contribution >= 4 is 17.4 Å². The average molecular weight is 313 g/mol. The average Bonchev–Trinajstić information content (AvgIpc) is 2.56. The molecule has 0 aromatic heterocycles. The van der Waals surface area contributed by atoms with Crippen LogP contribution in [0.2, 0.25) is 0 Å². The van der Waals surface area contributed by atoms with Gasteiger partial charge in [0.25, 0.3) is 0 Å². The summed E-state index contributed by atoms with van der Waals surface area (Å²) < 4.78 is 5.20. The Bertz CT molecular complexity index is 639. The topological polar surface area (TPSA) is 53.6 Å². The van der Waals surface area contributed by atoms with Gasteiger partial charge in [-0.1, -0.05) is 24.3 Å². The number of anilines is 2. The lowest BCUT2D eigenvalue weighted by molar-refractivity contribution is 0.252. The Morgan fingerprint density at radius 1 is 1.09 bits per heavy atom. The standard InChI is InChI=1S/C18H23N3O2/c1-21(2)15-10-8-14(9-11-15)12-13-19-18(22)20-16-6-4-5-7-17(16)23-3/h4-11H,12-13H2,1-3H3,(H2,19,20,22). The summed E-state index contributed by atoms with van der Waals surface area (Å²) in [5, 5.41) is 5.64. The largest absolute Gasteiger partial charge is 0.495 e. The number of hydrogen-bond acceptors (Lipinski definition) is 3. The van der Waals surface area contributed by atoms with Crippen molar-refractivity contribution in [3.05, 3.63) is 54.1 Å². The highest BCUT2D eigenvalue weighted by Gasteiger charge is 2.06. The summed E-state index contributed by atoms with van der Waals surface area (Å²) in [6.45, 7) is 0.572. The minimum atomic E-state index is -0.237. The first-order valence-corrected chi connectivity index (χ1v) is 7.54. The lowest BCUT2D eigenvalue weighted by atomic mass is 10.1. The van der Waals surface area contributed by atoms with Crippen LogP contribution in [0.1, 0.15) is 5.56 Å². The van der Waals surface area contributed by atoms with Crippen LogP contribution in [0.3, 0.4) is 0 Å². The highest BCUT2D eigenvalue weighted by atomic mass is 16.5. The Labute approximate surface area is 137 Å². The van der Waals surface area contributed by atoms with E-state index in [-0.39, 0.29) is 6.03 Å². The van der Waals surface area contributed by atoms with Crippen LogP contribution in [-0.4, -0.2) is 33.8 Å². The van der Waals surface area contributed by atoms with Crippen LogP contribution in [0.25, 0.3) is 0 Å². The van der Waals surface area contributed by atoms with Crippen LogP contribution >= 0.6 is 0 Å². The number of ether oxygens (including phenoxy) is 1. The summed E-state index contributed by atoms with van der Waals surface area (Å²) >= 11 is 0. The van der Waals surface area contributed by atoms with E-state index in [0.717, 1.165) is 12.1 Å². The van der Waals surface area contributed by atoms with Crippen molar-refractivity contribution in [3.63, 3.8) is 0 Å². The molecule has 23 heavy (non-hydrogen) atoms. The number of nitrogens with zero attached hydrogens (tertiary/aromatic N) is 1. The smallest absolute Gasteiger partial charge is 0.319 e. The molecule has 0 heterocycles. The van der Waals surface area contributed by atoms with Gasteiger partial charge in [0.15, 0.2) is 0 Å². The molecule has 2 rings (SSSR count). The van der Waals surface area contributed by atoms with E-state index >= 15 is 0 Å². The Morgan fingerprint density at radius 3 is 2.43 bits per heavy atom. The summed E-state index contributed by atoms with van der Waals surface area (Å²) in [7, 11) is 5.60. The first-order valence-electron chi connectivity index (χ1n) is 7.54. The number of benzene rings is 2. The summed E-state index contributed by atoms with van der Waals surface area (Å²) in [4.78, 5) is 14.0. The summed E-state index contributed by atoms with van der Waals surface area (Å²) in [5.41, 5.74) is 3.01. The molecule has 0 atom stereocenters. The van der Waals surface area contributed by atoms with Crippen molar-refractivity contribution in [3.8, 4) is 5.75 Å². The second-order valence-electron chi connectivity index (χ2n) is 5.39. The first-order chi connectivity index (χ1) is 11.1. The van der Waals surface area contributed by atoms with Gasteiger partial charge in [-0.25, -0.2) is 4.79 Å². The normalized spacial score (nSPS) is 10.0. The Hall–Kier alpha value is -2.69. The predicted molar refractivity (Wildman–Crippen MR) is 94.5 cm³/mol. The summed E-state index contributed by atoms with van der Waals surface area (Å²) in [6, 6.07) is 15.4. The van der Waals surface area contributed by atoms with E-state index in [2.05, 4.69) is 39.8 Å². The number of amides is 2. The van der Waals surface area contributed by atoms with Crippen LogP contribution in [-0.2, 0) is 6.42 Å². The second-order valence-corrected chi connectivity index (χ2v) is 5.39. The molecule has 5 nitrogen and oxygen atoms in total. The molecule has 0 unspecified atom stereocenters. The molecule has 0 aliphatic heterocycles. The first kappa shape index (κ1) is 16.7. The number of carbonyl (C=O) groups excluding carboxylic acids is 1. The van der Waals surface area contributed by atoms with Gasteiger partial charge in [0.05, 0.1) is 12.8 Å². The van der Waals surface area contributed by atoms with Gasteiger partial charge in [-0.05, 0) is 36.2 Å². The molecule has 0 aliphatic rings. The molecule has 0 saturated carbocycles. The summed E-state index contributed by atoms with van der Waals surface area (Å²) in [5.74, 6) is 0.641. The number of hydrogen-bond donors (Lipinski definition) is 2. The van der Waals surface area contributed by atoms with E-state index in [4.69, 9.17) is 4.74 Å². The highest BCUT2D eigenvalue weighted by molar-refractivity contribution is 5.90. The van der Waals surface area contributed by atoms with Gasteiger partial charge >= 0.3 is 6.03 Å². The molecule has 2 aromatic rings. The fraction of sp³-hybridized carbons (Fsp3) is 0.278. The van der Waals surface area contributed by atoms with Gasteiger partial charge in [-0.15, -0.1) is 0 Å². The zero-order valence-electron chi connectivity index (χ0n) is 13.8. The number of carbonyl (C=O) groups is 1. The van der Waals surface area contributed by atoms with Crippen molar-refractivity contribution in [2.24, 2.45) is 0 Å². The second kappa shape index (κ2) is 8.08. The number of rotatable bonds is 6. The van der Waals surface area contributed by atoms with E-state index < -0.39 is 0 Å². The molecule has 0 fully saturated rings. The molecular weight excluding hydrogens is 290 g/mol. The molecule has 5 heteroatoms. The van der Waals surface area contributed by atoms with Gasteiger partial charge in [0, 0.05) is 26.3 Å². The van der Waals surface area contributed by atoms with Gasteiger partial charge in [-0.3, -0.25) is 0 Å². The zero-order chi connectivity index (χ0) is 16.7. The zero-order valence-corrected chi connectivity index (χ0v) is 13.8. The maximum atomic E-state index is 11.9.